The second kappa shape index (κ2) is 7.12. The molecule has 100 valence electrons. The Morgan fingerprint density at radius 1 is 1.33 bits per heavy atom. The van der Waals surface area contributed by atoms with Gasteiger partial charge in [0.2, 0.25) is 0 Å². The molecule has 2 atom stereocenters. The molecule has 2 rings (SSSR count). The van der Waals surface area contributed by atoms with Crippen molar-refractivity contribution in [3.63, 3.8) is 0 Å². The van der Waals surface area contributed by atoms with Gasteiger partial charge in [-0.2, -0.15) is 0 Å². The first-order chi connectivity index (χ1) is 8.78. The molecule has 18 heavy (non-hydrogen) atoms. The smallest absolute Gasteiger partial charge is 0.119 e. The number of morpholine rings is 1. The maximum Gasteiger partial charge on any atom is 0.119 e. The van der Waals surface area contributed by atoms with Gasteiger partial charge >= 0.3 is 0 Å². The van der Waals surface area contributed by atoms with Crippen LogP contribution in [0.4, 0.5) is 0 Å². The fourth-order valence-corrected chi connectivity index (χ4v) is 2.58. The average molecular weight is 314 g/mol. The Morgan fingerprint density at radius 3 is 2.83 bits per heavy atom. The van der Waals surface area contributed by atoms with Gasteiger partial charge in [0.05, 0.1) is 12.2 Å². The van der Waals surface area contributed by atoms with Gasteiger partial charge in [0.15, 0.2) is 0 Å². The van der Waals surface area contributed by atoms with E-state index in [1.807, 2.05) is 30.3 Å². The van der Waals surface area contributed by atoms with Crippen LogP contribution in [0.25, 0.3) is 0 Å². The summed E-state index contributed by atoms with van der Waals surface area (Å²) in [5, 5.41) is 0.896. The van der Waals surface area contributed by atoms with Crippen molar-refractivity contribution in [2.75, 3.05) is 31.6 Å². The third-order valence-electron chi connectivity index (χ3n) is 2.99. The number of halogens is 1. The number of nitrogens with zero attached hydrogens (tertiary/aromatic N) is 1. The van der Waals surface area contributed by atoms with Gasteiger partial charge in [-0.15, -0.1) is 0 Å². The fraction of sp³-hybridized carbons (Fsp3) is 0.571. The summed E-state index contributed by atoms with van der Waals surface area (Å²) >= 11 is 3.49. The predicted molar refractivity (Wildman–Crippen MR) is 76.5 cm³/mol. The van der Waals surface area contributed by atoms with E-state index in [1.165, 1.54) is 0 Å². The Bertz CT molecular complexity index is 347. The van der Waals surface area contributed by atoms with E-state index in [0.717, 1.165) is 37.3 Å². The molecule has 0 radical (unpaired) electrons. The molecule has 0 N–H and O–H groups in total. The minimum Gasteiger partial charge on any atom is -0.492 e. The van der Waals surface area contributed by atoms with E-state index >= 15 is 0 Å². The Kier molecular flexibility index (Phi) is 5.47. The maximum atomic E-state index is 5.80. The Morgan fingerprint density at radius 2 is 2.11 bits per heavy atom. The number of para-hydroxylation sites is 1. The van der Waals surface area contributed by atoms with E-state index in [9.17, 15) is 0 Å². The second-order valence-electron chi connectivity index (χ2n) is 4.64. The number of ether oxygens (including phenoxy) is 2. The van der Waals surface area contributed by atoms with Gasteiger partial charge in [-0.1, -0.05) is 34.1 Å². The lowest BCUT2D eigenvalue weighted by atomic mass is 10.2. The first-order valence-electron chi connectivity index (χ1n) is 6.39. The molecular weight excluding hydrogens is 294 g/mol. The van der Waals surface area contributed by atoms with Gasteiger partial charge < -0.3 is 9.47 Å². The van der Waals surface area contributed by atoms with Crippen LogP contribution >= 0.6 is 15.9 Å². The zero-order valence-electron chi connectivity index (χ0n) is 10.7. The van der Waals surface area contributed by atoms with Crippen LogP contribution in [-0.2, 0) is 4.74 Å². The van der Waals surface area contributed by atoms with E-state index in [0.29, 0.717) is 12.2 Å². The second-order valence-corrected chi connectivity index (χ2v) is 5.29. The van der Waals surface area contributed by atoms with Crippen LogP contribution in [0.15, 0.2) is 30.3 Å². The van der Waals surface area contributed by atoms with E-state index in [2.05, 4.69) is 27.8 Å². The molecule has 1 heterocycles. The standard InChI is InChI=1S/C14H20BrNO2/c1-12-10-16(11-14(9-15)18-12)7-8-17-13-5-3-2-4-6-13/h2-6,12,14H,7-11H2,1H3. The Hall–Kier alpha value is -0.580. The highest BCUT2D eigenvalue weighted by atomic mass is 79.9. The molecule has 3 nitrogen and oxygen atoms in total. The van der Waals surface area contributed by atoms with Crippen molar-refractivity contribution in [1.29, 1.82) is 0 Å². The molecule has 0 aromatic heterocycles. The first-order valence-corrected chi connectivity index (χ1v) is 7.51. The predicted octanol–water partition coefficient (Wildman–Crippen LogP) is 2.55. The lowest BCUT2D eigenvalue weighted by Crippen LogP contribution is -2.48. The van der Waals surface area contributed by atoms with Gasteiger partial charge in [-0.3, -0.25) is 4.90 Å². The van der Waals surface area contributed by atoms with Crippen molar-refractivity contribution < 1.29 is 9.47 Å². The minimum atomic E-state index is 0.297. The summed E-state index contributed by atoms with van der Waals surface area (Å²) in [6, 6.07) is 9.96. The molecule has 2 unspecified atom stereocenters. The molecule has 0 spiro atoms. The van der Waals surface area contributed by atoms with Gasteiger partial charge in [0.25, 0.3) is 0 Å². The normalized spacial score (nSPS) is 25.0. The third-order valence-corrected chi connectivity index (χ3v) is 3.72. The summed E-state index contributed by atoms with van der Waals surface area (Å²) < 4.78 is 11.5. The first kappa shape index (κ1) is 13.8. The van der Waals surface area contributed by atoms with Crippen molar-refractivity contribution in [1.82, 2.24) is 4.90 Å². The largest absolute Gasteiger partial charge is 0.492 e. The molecule has 1 saturated heterocycles. The monoisotopic (exact) mass is 313 g/mol. The average Bonchev–Trinajstić information content (AvgIpc) is 2.39. The molecule has 0 bridgehead atoms. The third kappa shape index (κ3) is 4.26. The van der Waals surface area contributed by atoms with Crippen molar-refractivity contribution in [2.45, 2.75) is 19.1 Å². The summed E-state index contributed by atoms with van der Waals surface area (Å²) in [6.45, 7) is 5.77. The van der Waals surface area contributed by atoms with Gasteiger partial charge in [0.1, 0.15) is 12.4 Å². The van der Waals surface area contributed by atoms with Gasteiger partial charge in [-0.25, -0.2) is 0 Å². The van der Waals surface area contributed by atoms with Crippen LogP contribution in [-0.4, -0.2) is 48.7 Å². The van der Waals surface area contributed by atoms with E-state index in [1.54, 1.807) is 0 Å². The van der Waals surface area contributed by atoms with E-state index < -0.39 is 0 Å². The molecule has 0 amide bonds. The van der Waals surface area contributed by atoms with Gasteiger partial charge in [0, 0.05) is 25.0 Å². The summed E-state index contributed by atoms with van der Waals surface area (Å²) in [5.74, 6) is 0.941. The molecule has 1 aliphatic rings. The van der Waals surface area contributed by atoms with Crippen LogP contribution in [0.3, 0.4) is 0 Å². The maximum absolute atomic E-state index is 5.80. The highest BCUT2D eigenvalue weighted by molar-refractivity contribution is 9.09. The van der Waals surface area contributed by atoms with Gasteiger partial charge in [-0.05, 0) is 19.1 Å². The number of hydrogen-bond donors (Lipinski definition) is 0. The number of alkyl halides is 1. The number of rotatable bonds is 5. The van der Waals surface area contributed by atoms with Crippen LogP contribution < -0.4 is 4.74 Å². The molecule has 4 heteroatoms. The van der Waals surface area contributed by atoms with Crippen LogP contribution in [0.1, 0.15) is 6.92 Å². The highest BCUT2D eigenvalue weighted by Gasteiger charge is 2.23. The molecule has 1 aromatic rings. The summed E-state index contributed by atoms with van der Waals surface area (Å²) in [7, 11) is 0. The van der Waals surface area contributed by atoms with Crippen LogP contribution in [0.5, 0.6) is 5.75 Å². The number of hydrogen-bond acceptors (Lipinski definition) is 3. The summed E-state index contributed by atoms with van der Waals surface area (Å²) in [4.78, 5) is 2.41. The molecule has 0 saturated carbocycles. The van der Waals surface area contributed by atoms with Crippen molar-refractivity contribution in [3.8, 4) is 5.75 Å². The lowest BCUT2D eigenvalue weighted by molar-refractivity contribution is -0.0672. The summed E-state index contributed by atoms with van der Waals surface area (Å²) in [6.07, 6.45) is 0.600. The molecule has 1 aromatic carbocycles. The van der Waals surface area contributed by atoms with Crippen LogP contribution in [0.2, 0.25) is 0 Å². The van der Waals surface area contributed by atoms with Crippen LogP contribution in [0, 0.1) is 0 Å². The quantitative estimate of drug-likeness (QED) is 0.780. The summed E-state index contributed by atoms with van der Waals surface area (Å²) in [5.41, 5.74) is 0. The van der Waals surface area contributed by atoms with Crippen molar-refractivity contribution in [2.24, 2.45) is 0 Å². The molecule has 1 aliphatic heterocycles. The Labute approximate surface area is 117 Å². The molecular formula is C14H20BrNO2. The number of benzene rings is 1. The highest BCUT2D eigenvalue weighted by Crippen LogP contribution is 2.13. The fourth-order valence-electron chi connectivity index (χ4n) is 2.22. The SMILES string of the molecule is CC1CN(CCOc2ccccc2)CC(CBr)O1. The topological polar surface area (TPSA) is 21.7 Å². The van der Waals surface area contributed by atoms with E-state index in [4.69, 9.17) is 9.47 Å². The van der Waals surface area contributed by atoms with Crippen molar-refractivity contribution in [3.05, 3.63) is 30.3 Å². The zero-order chi connectivity index (χ0) is 12.8. The molecule has 1 fully saturated rings. The molecule has 0 aliphatic carbocycles. The zero-order valence-corrected chi connectivity index (χ0v) is 12.3. The van der Waals surface area contributed by atoms with E-state index in [-0.39, 0.29) is 0 Å². The Balaban J connectivity index is 1.73. The van der Waals surface area contributed by atoms with Crippen molar-refractivity contribution >= 4 is 15.9 Å². The minimum absolute atomic E-state index is 0.297. The lowest BCUT2D eigenvalue weighted by Gasteiger charge is -2.36.